The highest BCUT2D eigenvalue weighted by molar-refractivity contribution is 5.95. The van der Waals surface area contributed by atoms with Crippen LogP contribution in [0.2, 0.25) is 0 Å². The number of hydrogen-bond acceptors (Lipinski definition) is 7. The lowest BCUT2D eigenvalue weighted by Gasteiger charge is -2.33. The number of likely N-dealkylation sites (N-methyl/N-ethyl adjacent to an activating group) is 1. The molecule has 2 fully saturated rings. The van der Waals surface area contributed by atoms with E-state index in [-0.39, 0.29) is 17.6 Å². The molecule has 9 nitrogen and oxygen atoms in total. The summed E-state index contributed by atoms with van der Waals surface area (Å²) in [6.45, 7) is 5.81. The molecular formula is C23H32N6O3. The zero-order valence-corrected chi connectivity index (χ0v) is 18.8. The summed E-state index contributed by atoms with van der Waals surface area (Å²) in [5.41, 5.74) is 0.420. The van der Waals surface area contributed by atoms with Crippen LogP contribution < -0.4 is 15.8 Å². The monoisotopic (exact) mass is 440 g/mol. The summed E-state index contributed by atoms with van der Waals surface area (Å²) < 4.78 is 0. The maximum absolute atomic E-state index is 12.8. The molecule has 1 saturated heterocycles. The second-order valence-electron chi connectivity index (χ2n) is 8.96. The quantitative estimate of drug-likeness (QED) is 0.651. The van der Waals surface area contributed by atoms with Gasteiger partial charge in [-0.05, 0) is 44.9 Å². The van der Waals surface area contributed by atoms with E-state index in [9.17, 15) is 14.7 Å². The van der Waals surface area contributed by atoms with E-state index < -0.39 is 17.2 Å². The number of aromatic hydroxyl groups is 1. The van der Waals surface area contributed by atoms with Crippen LogP contribution in [0.1, 0.15) is 49.5 Å². The van der Waals surface area contributed by atoms with Crippen molar-refractivity contribution < 1.29 is 9.90 Å². The molecule has 2 aromatic rings. The molecule has 1 amide bonds. The molecule has 3 N–H and O–H groups in total. The van der Waals surface area contributed by atoms with Gasteiger partial charge in [-0.3, -0.25) is 14.6 Å². The van der Waals surface area contributed by atoms with Crippen molar-refractivity contribution in [2.75, 3.05) is 38.1 Å². The zero-order valence-electron chi connectivity index (χ0n) is 18.8. The molecule has 1 aliphatic heterocycles. The predicted octanol–water partition coefficient (Wildman–Crippen LogP) is 1.99. The molecular weight excluding hydrogens is 408 g/mol. The first-order chi connectivity index (χ1) is 15.4. The van der Waals surface area contributed by atoms with E-state index in [0.29, 0.717) is 11.6 Å². The third-order valence-electron chi connectivity index (χ3n) is 6.68. The predicted molar refractivity (Wildman–Crippen MR) is 123 cm³/mol. The van der Waals surface area contributed by atoms with Crippen molar-refractivity contribution in [3.8, 4) is 17.3 Å². The summed E-state index contributed by atoms with van der Waals surface area (Å²) >= 11 is 0. The standard InChI is InChI=1S/C23H32N6O3/c1-15(16-6-4-3-5-7-16)25-22(31)19-20(30)23(32)27-21(26-19)18-9-8-17(14-24-18)29-12-10-28(2)11-13-29/h8-9,14-16,30H,3-7,10-13H2,1-2H3,(H,25,31)(H,26,27,32)/t15-/m1/s1. The molecule has 0 radical (unpaired) electrons. The number of piperazine rings is 1. The van der Waals surface area contributed by atoms with Crippen LogP contribution in [0.4, 0.5) is 5.69 Å². The second kappa shape index (κ2) is 9.68. The molecule has 1 saturated carbocycles. The minimum atomic E-state index is -0.754. The number of nitrogens with one attached hydrogen (secondary N) is 2. The Kier molecular flexibility index (Phi) is 6.74. The van der Waals surface area contributed by atoms with Gasteiger partial charge in [0.05, 0.1) is 11.9 Å². The van der Waals surface area contributed by atoms with E-state index >= 15 is 0 Å². The Morgan fingerprint density at radius 1 is 1.19 bits per heavy atom. The fourth-order valence-corrected chi connectivity index (χ4v) is 4.55. The summed E-state index contributed by atoms with van der Waals surface area (Å²) in [5.74, 6) is -0.647. The van der Waals surface area contributed by atoms with Crippen molar-refractivity contribution in [3.05, 3.63) is 34.4 Å². The molecule has 0 bridgehead atoms. The smallest absolute Gasteiger partial charge is 0.294 e. The van der Waals surface area contributed by atoms with Gasteiger partial charge < -0.3 is 25.2 Å². The molecule has 4 rings (SSSR count). The molecule has 2 aliphatic rings. The van der Waals surface area contributed by atoms with Crippen molar-refractivity contribution in [2.24, 2.45) is 5.92 Å². The molecule has 0 spiro atoms. The van der Waals surface area contributed by atoms with E-state index in [2.05, 4.69) is 37.1 Å². The van der Waals surface area contributed by atoms with E-state index in [1.54, 1.807) is 12.3 Å². The number of nitrogens with zero attached hydrogens (tertiary/aromatic N) is 4. The number of aromatic amines is 1. The molecule has 0 unspecified atom stereocenters. The van der Waals surface area contributed by atoms with Gasteiger partial charge in [-0.15, -0.1) is 0 Å². The number of amides is 1. The Labute approximate surface area is 187 Å². The fraction of sp³-hybridized carbons (Fsp3) is 0.565. The van der Waals surface area contributed by atoms with Gasteiger partial charge in [0.25, 0.3) is 11.5 Å². The number of H-pyrrole nitrogens is 1. The summed E-state index contributed by atoms with van der Waals surface area (Å²) in [5, 5.41) is 13.1. The number of rotatable bonds is 5. The number of aromatic nitrogens is 3. The SMILES string of the molecule is C[C@@H](NC(=O)c1nc(-c2ccc(N3CCN(C)CC3)cn2)[nH]c(=O)c1O)C1CCCCC1. The van der Waals surface area contributed by atoms with Gasteiger partial charge in [-0.25, -0.2) is 4.98 Å². The van der Waals surface area contributed by atoms with Crippen LogP contribution in [-0.4, -0.2) is 70.1 Å². The highest BCUT2D eigenvalue weighted by atomic mass is 16.3. The van der Waals surface area contributed by atoms with Gasteiger partial charge in [-0.1, -0.05) is 19.3 Å². The summed E-state index contributed by atoms with van der Waals surface area (Å²) in [7, 11) is 2.11. The topological polar surface area (TPSA) is 114 Å². The third kappa shape index (κ3) is 4.93. The zero-order chi connectivity index (χ0) is 22.7. The average molecular weight is 441 g/mol. The minimum Gasteiger partial charge on any atom is -0.501 e. The van der Waals surface area contributed by atoms with Gasteiger partial charge in [0.2, 0.25) is 5.75 Å². The highest BCUT2D eigenvalue weighted by Crippen LogP contribution is 2.27. The van der Waals surface area contributed by atoms with Crippen LogP contribution in [0.3, 0.4) is 0 Å². The molecule has 3 heterocycles. The van der Waals surface area contributed by atoms with E-state index in [0.717, 1.165) is 44.7 Å². The van der Waals surface area contributed by atoms with Crippen molar-refractivity contribution in [3.63, 3.8) is 0 Å². The lowest BCUT2D eigenvalue weighted by molar-refractivity contribution is 0.0911. The second-order valence-corrected chi connectivity index (χ2v) is 8.96. The van der Waals surface area contributed by atoms with Crippen molar-refractivity contribution in [2.45, 2.75) is 45.1 Å². The van der Waals surface area contributed by atoms with Gasteiger partial charge in [-0.2, -0.15) is 0 Å². The number of pyridine rings is 1. The van der Waals surface area contributed by atoms with Crippen molar-refractivity contribution >= 4 is 11.6 Å². The first-order valence-corrected chi connectivity index (χ1v) is 11.5. The van der Waals surface area contributed by atoms with Crippen molar-refractivity contribution in [1.82, 2.24) is 25.2 Å². The third-order valence-corrected chi connectivity index (χ3v) is 6.68. The first-order valence-electron chi connectivity index (χ1n) is 11.5. The Bertz CT molecular complexity index is 992. The summed E-state index contributed by atoms with van der Waals surface area (Å²) in [6.07, 6.45) is 7.46. The Hall–Kier alpha value is -2.94. The summed E-state index contributed by atoms with van der Waals surface area (Å²) in [4.78, 5) is 40.9. The molecule has 9 heteroatoms. The van der Waals surface area contributed by atoms with Crippen molar-refractivity contribution in [1.29, 1.82) is 0 Å². The highest BCUT2D eigenvalue weighted by Gasteiger charge is 2.25. The molecule has 172 valence electrons. The molecule has 1 atom stereocenters. The van der Waals surface area contributed by atoms with Crippen LogP contribution in [0, 0.1) is 5.92 Å². The largest absolute Gasteiger partial charge is 0.501 e. The van der Waals surface area contributed by atoms with E-state index in [1.807, 2.05) is 13.0 Å². The summed E-state index contributed by atoms with van der Waals surface area (Å²) in [6, 6.07) is 3.66. The molecule has 2 aromatic heterocycles. The van der Waals surface area contributed by atoms with Crippen LogP contribution >= 0.6 is 0 Å². The van der Waals surface area contributed by atoms with E-state index in [1.165, 1.54) is 19.3 Å². The lowest BCUT2D eigenvalue weighted by Crippen LogP contribution is -2.44. The number of hydrogen-bond donors (Lipinski definition) is 3. The van der Waals surface area contributed by atoms with Crippen LogP contribution in [0.25, 0.3) is 11.5 Å². The van der Waals surface area contributed by atoms with Gasteiger partial charge >= 0.3 is 0 Å². The number of carbonyl (C=O) groups excluding carboxylic acids is 1. The van der Waals surface area contributed by atoms with Crippen LogP contribution in [0.15, 0.2) is 23.1 Å². The number of anilines is 1. The molecule has 0 aromatic carbocycles. The molecule has 32 heavy (non-hydrogen) atoms. The maximum Gasteiger partial charge on any atom is 0.294 e. The Balaban J connectivity index is 1.51. The van der Waals surface area contributed by atoms with E-state index in [4.69, 9.17) is 0 Å². The van der Waals surface area contributed by atoms with Crippen LogP contribution in [-0.2, 0) is 0 Å². The average Bonchev–Trinajstić information content (AvgIpc) is 2.82. The Morgan fingerprint density at radius 2 is 1.91 bits per heavy atom. The van der Waals surface area contributed by atoms with Gasteiger partial charge in [0.15, 0.2) is 11.5 Å². The normalized spacial score (nSPS) is 19.0. The lowest BCUT2D eigenvalue weighted by atomic mass is 9.84. The van der Waals surface area contributed by atoms with Crippen LogP contribution in [0.5, 0.6) is 5.75 Å². The first kappa shape index (κ1) is 22.3. The Morgan fingerprint density at radius 3 is 2.56 bits per heavy atom. The minimum absolute atomic E-state index is 0.0484. The fourth-order valence-electron chi connectivity index (χ4n) is 4.55. The van der Waals surface area contributed by atoms with Gasteiger partial charge in [0, 0.05) is 32.2 Å². The molecule has 1 aliphatic carbocycles. The van der Waals surface area contributed by atoms with Gasteiger partial charge in [0.1, 0.15) is 5.69 Å². The number of carbonyl (C=O) groups is 1. The maximum atomic E-state index is 12.8.